The molecule has 10 nitrogen and oxygen atoms in total. The van der Waals surface area contributed by atoms with Gasteiger partial charge in [0, 0.05) is 37.3 Å². The highest BCUT2D eigenvalue weighted by Crippen LogP contribution is 2.46. The smallest absolute Gasteiger partial charge is 0.274 e. The van der Waals surface area contributed by atoms with E-state index in [0.717, 1.165) is 5.56 Å². The quantitative estimate of drug-likeness (QED) is 0.672. The predicted molar refractivity (Wildman–Crippen MR) is 125 cm³/mol. The Labute approximate surface area is 205 Å². The van der Waals surface area contributed by atoms with Crippen LogP contribution in [0.1, 0.15) is 64.2 Å². The molecule has 4 heterocycles. The number of pyridine rings is 1. The number of aromatic nitrogens is 1. The predicted octanol–water partition coefficient (Wildman–Crippen LogP) is 2.15. The molecule has 2 amide bonds. The fourth-order valence-corrected chi connectivity index (χ4v) is 5.24. The number of hydrogen-bond donors (Lipinski definition) is 2. The number of aryl methyl sites for hydroxylation is 1. The van der Waals surface area contributed by atoms with Crippen LogP contribution in [0, 0.1) is 24.1 Å². The van der Waals surface area contributed by atoms with E-state index in [4.69, 9.17) is 4.84 Å². The van der Waals surface area contributed by atoms with Gasteiger partial charge in [-0.15, -0.1) is 0 Å². The lowest BCUT2D eigenvalue weighted by Crippen LogP contribution is -2.52. The number of carbonyl (C=O) groups is 2. The fourth-order valence-electron chi connectivity index (χ4n) is 5.24. The van der Waals surface area contributed by atoms with Gasteiger partial charge in [0.05, 0.1) is 6.04 Å². The van der Waals surface area contributed by atoms with Crippen LogP contribution in [0.4, 0.5) is 4.39 Å². The number of hydrogen-bond acceptors (Lipinski definition) is 7. The minimum atomic E-state index is -1.00. The molecular weight excluding hydrogens is 469 g/mol. The molecule has 186 valence electrons. The van der Waals surface area contributed by atoms with Crippen molar-refractivity contribution in [1.29, 1.82) is 5.26 Å². The van der Waals surface area contributed by atoms with Crippen molar-refractivity contribution in [2.24, 2.45) is 5.16 Å². The first kappa shape index (κ1) is 23.5. The van der Waals surface area contributed by atoms with Gasteiger partial charge in [-0.2, -0.15) is 5.26 Å². The molecule has 3 aliphatic heterocycles. The zero-order chi connectivity index (χ0) is 25.8. The molecule has 3 aliphatic rings. The van der Waals surface area contributed by atoms with Crippen LogP contribution in [-0.2, 0) is 11.4 Å². The number of benzene rings is 1. The average Bonchev–Trinajstić information content (AvgIpc) is 3.23. The SMILES string of the molecule is Cc1ccc(CNC(=O)c2cn3c(c(O)c2=O)C(=O)N2CC3[C@]3(CC[C@@H]2C)CC(C#N)=NO3)c(F)c1. The summed E-state index contributed by atoms with van der Waals surface area (Å²) < 4.78 is 15.6. The lowest BCUT2D eigenvalue weighted by Gasteiger charge is -2.41. The van der Waals surface area contributed by atoms with E-state index in [9.17, 15) is 29.1 Å². The Kier molecular flexibility index (Phi) is 5.54. The van der Waals surface area contributed by atoms with E-state index in [1.807, 2.05) is 13.0 Å². The largest absolute Gasteiger partial charge is 0.503 e. The zero-order valence-corrected chi connectivity index (χ0v) is 19.7. The van der Waals surface area contributed by atoms with Crippen molar-refractivity contribution in [1.82, 2.24) is 14.8 Å². The van der Waals surface area contributed by atoms with E-state index in [-0.39, 0.29) is 42.5 Å². The number of nitrogens with zero attached hydrogens (tertiary/aromatic N) is 4. The van der Waals surface area contributed by atoms with Crippen LogP contribution >= 0.6 is 0 Å². The molecule has 2 N–H and O–H groups in total. The number of nitrogens with one attached hydrogen (secondary N) is 1. The normalized spacial score (nSPS) is 24.4. The molecular formula is C25H24FN5O5. The van der Waals surface area contributed by atoms with Gasteiger partial charge in [-0.1, -0.05) is 17.3 Å². The van der Waals surface area contributed by atoms with Crippen LogP contribution in [0.2, 0.25) is 0 Å². The highest BCUT2D eigenvalue weighted by molar-refractivity contribution is 6.01. The van der Waals surface area contributed by atoms with Crippen LogP contribution in [0.25, 0.3) is 0 Å². The molecule has 1 spiro atoms. The Morgan fingerprint density at radius 2 is 2.19 bits per heavy atom. The minimum absolute atomic E-state index is 0.174. The third kappa shape index (κ3) is 3.61. The molecule has 1 aromatic carbocycles. The molecule has 1 saturated heterocycles. The maximum absolute atomic E-state index is 14.2. The summed E-state index contributed by atoms with van der Waals surface area (Å²) in [7, 11) is 0. The van der Waals surface area contributed by atoms with Crippen molar-refractivity contribution in [2.45, 2.75) is 57.3 Å². The second-order valence-electron chi connectivity index (χ2n) is 9.60. The van der Waals surface area contributed by atoms with E-state index in [0.29, 0.717) is 12.8 Å². The van der Waals surface area contributed by atoms with Gasteiger partial charge < -0.3 is 24.7 Å². The molecule has 5 rings (SSSR count). The third-order valence-corrected chi connectivity index (χ3v) is 7.33. The van der Waals surface area contributed by atoms with Gasteiger partial charge in [-0.3, -0.25) is 14.4 Å². The Hall–Kier alpha value is -4.20. The summed E-state index contributed by atoms with van der Waals surface area (Å²) >= 11 is 0. The maximum Gasteiger partial charge on any atom is 0.274 e. The van der Waals surface area contributed by atoms with E-state index in [2.05, 4.69) is 10.5 Å². The van der Waals surface area contributed by atoms with Crippen molar-refractivity contribution in [2.75, 3.05) is 6.54 Å². The number of amides is 2. The zero-order valence-electron chi connectivity index (χ0n) is 19.7. The number of carbonyl (C=O) groups excluding carboxylic acids is 2. The monoisotopic (exact) mass is 493 g/mol. The van der Waals surface area contributed by atoms with Crippen molar-refractivity contribution in [3.63, 3.8) is 0 Å². The molecule has 11 heteroatoms. The van der Waals surface area contributed by atoms with Crippen molar-refractivity contribution >= 4 is 17.5 Å². The van der Waals surface area contributed by atoms with E-state index in [1.54, 1.807) is 17.9 Å². The van der Waals surface area contributed by atoms with Crippen LogP contribution in [-0.4, -0.2) is 50.3 Å². The highest BCUT2D eigenvalue weighted by atomic mass is 19.1. The fraction of sp³-hybridized carbons (Fsp3) is 0.400. The minimum Gasteiger partial charge on any atom is -0.503 e. The summed E-state index contributed by atoms with van der Waals surface area (Å²) in [4.78, 5) is 46.6. The molecule has 0 saturated carbocycles. The van der Waals surface area contributed by atoms with Crippen molar-refractivity contribution in [3.8, 4) is 11.8 Å². The molecule has 1 unspecified atom stereocenters. The molecule has 1 aromatic heterocycles. The number of nitriles is 1. The van der Waals surface area contributed by atoms with Gasteiger partial charge in [-0.25, -0.2) is 4.39 Å². The van der Waals surface area contributed by atoms with Gasteiger partial charge in [0.15, 0.2) is 22.8 Å². The molecule has 2 aromatic rings. The number of rotatable bonds is 3. The molecule has 2 bridgehead atoms. The van der Waals surface area contributed by atoms with Crippen LogP contribution in [0.3, 0.4) is 0 Å². The Morgan fingerprint density at radius 3 is 2.89 bits per heavy atom. The first-order valence-electron chi connectivity index (χ1n) is 11.6. The standard InChI is InChI=1S/C25H24FN5O5/c1-13-3-4-15(18(26)7-13)10-28-23(34)17-11-31-19-12-30(24(35)20(31)22(33)21(17)32)14(2)5-6-25(19)8-16(9-27)29-36-25/h3-4,7,11,14,19,33H,5-6,8,10,12H2,1-2H3,(H,28,34)/t14-,19?,25-/m0/s1. The van der Waals surface area contributed by atoms with Crippen LogP contribution in [0.5, 0.6) is 5.75 Å². The number of oxime groups is 1. The second kappa shape index (κ2) is 8.48. The molecule has 36 heavy (non-hydrogen) atoms. The summed E-state index contributed by atoms with van der Waals surface area (Å²) in [6.45, 7) is 3.63. The number of aromatic hydroxyl groups is 1. The summed E-state index contributed by atoms with van der Waals surface area (Å²) in [5, 5.41) is 26.6. The van der Waals surface area contributed by atoms with Crippen molar-refractivity contribution in [3.05, 3.63) is 62.8 Å². The lowest BCUT2D eigenvalue weighted by molar-refractivity contribution is -0.0655. The first-order valence-corrected chi connectivity index (χ1v) is 11.6. The van der Waals surface area contributed by atoms with Gasteiger partial charge >= 0.3 is 0 Å². The maximum atomic E-state index is 14.2. The third-order valence-electron chi connectivity index (χ3n) is 7.33. The summed E-state index contributed by atoms with van der Waals surface area (Å²) in [6.07, 6.45) is 2.47. The van der Waals surface area contributed by atoms with Gasteiger partial charge in [0.25, 0.3) is 11.8 Å². The summed E-state index contributed by atoms with van der Waals surface area (Å²) in [6, 6.07) is 5.76. The lowest BCUT2D eigenvalue weighted by atomic mass is 9.84. The van der Waals surface area contributed by atoms with E-state index in [1.165, 1.54) is 22.9 Å². The van der Waals surface area contributed by atoms with Gasteiger partial charge in [0.2, 0.25) is 5.43 Å². The Morgan fingerprint density at radius 1 is 1.42 bits per heavy atom. The van der Waals surface area contributed by atoms with E-state index >= 15 is 0 Å². The van der Waals surface area contributed by atoms with E-state index < -0.39 is 46.0 Å². The summed E-state index contributed by atoms with van der Waals surface area (Å²) in [5.74, 6) is -2.68. The Balaban J connectivity index is 1.55. The summed E-state index contributed by atoms with van der Waals surface area (Å²) in [5.41, 5.74) is -1.44. The first-order chi connectivity index (χ1) is 17.1. The van der Waals surface area contributed by atoms with Crippen LogP contribution < -0.4 is 10.7 Å². The van der Waals surface area contributed by atoms with Crippen molar-refractivity contribution < 1.29 is 23.9 Å². The molecule has 3 atom stereocenters. The van der Waals surface area contributed by atoms with Crippen LogP contribution in [0.15, 0.2) is 34.3 Å². The number of fused-ring (bicyclic) bond motifs is 5. The molecule has 0 aliphatic carbocycles. The van der Waals surface area contributed by atoms with Gasteiger partial charge in [-0.05, 0) is 38.3 Å². The molecule has 0 radical (unpaired) electrons. The molecule has 1 fully saturated rings. The average molecular weight is 493 g/mol. The van der Waals surface area contributed by atoms with Gasteiger partial charge in [0.1, 0.15) is 17.4 Å². The number of halogens is 1. The second-order valence-corrected chi connectivity index (χ2v) is 9.60. The topological polar surface area (TPSA) is 137 Å². The Bertz CT molecular complexity index is 1430. The highest BCUT2D eigenvalue weighted by Gasteiger charge is 2.54.